The fourth-order valence-electron chi connectivity index (χ4n) is 3.63. The molecule has 0 bridgehead atoms. The Labute approximate surface area is 170 Å². The maximum absolute atomic E-state index is 6.06. The molecule has 0 amide bonds. The molecule has 1 aliphatic heterocycles. The van der Waals surface area contributed by atoms with Gasteiger partial charge in [0.15, 0.2) is 0 Å². The van der Waals surface area contributed by atoms with E-state index in [2.05, 4.69) is 58.1 Å². The Hall–Kier alpha value is -2.21. The van der Waals surface area contributed by atoms with Crippen molar-refractivity contribution in [3.8, 4) is 11.5 Å². The van der Waals surface area contributed by atoms with E-state index in [1.807, 2.05) is 24.3 Å². The van der Waals surface area contributed by atoms with Crippen molar-refractivity contribution >= 4 is 11.6 Å². The van der Waals surface area contributed by atoms with Gasteiger partial charge in [-0.25, -0.2) is 0 Å². The van der Waals surface area contributed by atoms with Crippen LogP contribution in [0, 0.1) is 6.92 Å². The van der Waals surface area contributed by atoms with Gasteiger partial charge in [-0.05, 0) is 43.2 Å². The highest BCUT2D eigenvalue weighted by molar-refractivity contribution is 6.30. The number of nitrogens with zero attached hydrogens (tertiary/aromatic N) is 4. The second-order valence-corrected chi connectivity index (χ2v) is 7.81. The van der Waals surface area contributed by atoms with Crippen molar-refractivity contribution in [3.63, 3.8) is 0 Å². The van der Waals surface area contributed by atoms with Crippen LogP contribution in [-0.2, 0) is 6.54 Å². The zero-order valence-electron chi connectivity index (χ0n) is 16.3. The molecule has 4 rings (SSSR count). The van der Waals surface area contributed by atoms with E-state index in [-0.39, 0.29) is 6.04 Å². The van der Waals surface area contributed by atoms with E-state index in [1.54, 1.807) is 0 Å². The van der Waals surface area contributed by atoms with Crippen LogP contribution in [0.15, 0.2) is 52.9 Å². The van der Waals surface area contributed by atoms with E-state index in [0.717, 1.165) is 38.3 Å². The number of rotatable bonds is 5. The van der Waals surface area contributed by atoms with Crippen LogP contribution in [0.3, 0.4) is 0 Å². The lowest BCUT2D eigenvalue weighted by Crippen LogP contribution is -2.46. The first kappa shape index (κ1) is 19.1. The fraction of sp³-hybridized carbons (Fsp3) is 0.364. The summed E-state index contributed by atoms with van der Waals surface area (Å²) in [5.41, 5.74) is 3.62. The molecule has 1 fully saturated rings. The number of hydrogen-bond donors (Lipinski definition) is 0. The predicted octanol–water partition coefficient (Wildman–Crippen LogP) is 4.58. The molecular formula is C22H25ClN4O. The lowest BCUT2D eigenvalue weighted by molar-refractivity contribution is 0.0875. The first-order valence-corrected chi connectivity index (χ1v) is 10.1. The van der Waals surface area contributed by atoms with Gasteiger partial charge in [0.2, 0.25) is 11.8 Å². The Bertz CT molecular complexity index is 934. The number of halogens is 1. The molecule has 0 spiro atoms. The number of aromatic nitrogens is 2. The molecule has 1 aliphatic rings. The van der Waals surface area contributed by atoms with Crippen LogP contribution in [0.5, 0.6) is 0 Å². The van der Waals surface area contributed by atoms with Gasteiger partial charge in [-0.1, -0.05) is 41.9 Å². The average Bonchev–Trinajstić information content (AvgIpc) is 3.20. The van der Waals surface area contributed by atoms with Gasteiger partial charge in [0.25, 0.3) is 0 Å². The van der Waals surface area contributed by atoms with Crippen LogP contribution < -0.4 is 0 Å². The summed E-state index contributed by atoms with van der Waals surface area (Å²) in [6.45, 7) is 9.37. The molecule has 1 aromatic heterocycles. The van der Waals surface area contributed by atoms with Gasteiger partial charge in [0.05, 0.1) is 6.04 Å². The van der Waals surface area contributed by atoms with Gasteiger partial charge >= 0.3 is 0 Å². The van der Waals surface area contributed by atoms with E-state index >= 15 is 0 Å². The third kappa shape index (κ3) is 4.27. The summed E-state index contributed by atoms with van der Waals surface area (Å²) in [6.07, 6.45) is 0. The van der Waals surface area contributed by atoms with Crippen molar-refractivity contribution in [2.24, 2.45) is 0 Å². The summed E-state index contributed by atoms with van der Waals surface area (Å²) in [5.74, 6) is 1.17. The summed E-state index contributed by atoms with van der Waals surface area (Å²) in [4.78, 5) is 4.92. The fourth-order valence-corrected chi connectivity index (χ4v) is 3.83. The van der Waals surface area contributed by atoms with Crippen molar-refractivity contribution in [1.82, 2.24) is 20.0 Å². The molecule has 28 heavy (non-hydrogen) atoms. The highest BCUT2D eigenvalue weighted by Crippen LogP contribution is 2.26. The minimum atomic E-state index is 0.0982. The minimum absolute atomic E-state index is 0.0982. The topological polar surface area (TPSA) is 45.4 Å². The third-order valence-electron chi connectivity index (χ3n) is 5.48. The van der Waals surface area contributed by atoms with Crippen LogP contribution in [-0.4, -0.2) is 46.2 Å². The Morgan fingerprint density at radius 2 is 1.82 bits per heavy atom. The highest BCUT2D eigenvalue weighted by Gasteiger charge is 2.26. The molecule has 0 unspecified atom stereocenters. The molecule has 6 heteroatoms. The first-order valence-electron chi connectivity index (χ1n) is 9.70. The molecule has 3 aromatic rings. The summed E-state index contributed by atoms with van der Waals surface area (Å²) in [6, 6.07) is 16.2. The Morgan fingerprint density at radius 1 is 1.04 bits per heavy atom. The molecule has 1 atom stereocenters. The smallest absolute Gasteiger partial charge is 0.247 e. The van der Waals surface area contributed by atoms with Crippen molar-refractivity contribution in [2.45, 2.75) is 26.4 Å². The van der Waals surface area contributed by atoms with Crippen LogP contribution in [0.1, 0.15) is 30.0 Å². The SMILES string of the molecule is Cc1ccccc1CN1CCN([C@H](C)c2nnc(-c3cccc(Cl)c3)o2)CC1. The average molecular weight is 397 g/mol. The lowest BCUT2D eigenvalue weighted by atomic mass is 10.1. The van der Waals surface area contributed by atoms with Crippen LogP contribution in [0.25, 0.3) is 11.5 Å². The molecule has 0 aliphatic carbocycles. The Morgan fingerprint density at radius 3 is 2.57 bits per heavy atom. The lowest BCUT2D eigenvalue weighted by Gasteiger charge is -2.37. The molecule has 2 aromatic carbocycles. The van der Waals surface area contributed by atoms with Crippen molar-refractivity contribution < 1.29 is 4.42 Å². The molecule has 0 saturated carbocycles. The van der Waals surface area contributed by atoms with Crippen molar-refractivity contribution in [1.29, 1.82) is 0 Å². The summed E-state index contributed by atoms with van der Waals surface area (Å²) in [5, 5.41) is 9.15. The first-order chi connectivity index (χ1) is 13.6. The van der Waals surface area contributed by atoms with E-state index in [9.17, 15) is 0 Å². The molecule has 0 radical (unpaired) electrons. The zero-order chi connectivity index (χ0) is 19.5. The zero-order valence-corrected chi connectivity index (χ0v) is 17.1. The van der Waals surface area contributed by atoms with Gasteiger partial charge in [-0.3, -0.25) is 9.80 Å². The highest BCUT2D eigenvalue weighted by atomic mass is 35.5. The van der Waals surface area contributed by atoms with Gasteiger partial charge in [0, 0.05) is 43.3 Å². The van der Waals surface area contributed by atoms with E-state index in [4.69, 9.17) is 16.0 Å². The number of aryl methyl sites for hydroxylation is 1. The maximum Gasteiger partial charge on any atom is 0.247 e. The second kappa shape index (κ2) is 8.43. The van der Waals surface area contributed by atoms with Gasteiger partial charge < -0.3 is 4.42 Å². The quantitative estimate of drug-likeness (QED) is 0.631. The van der Waals surface area contributed by atoms with E-state index < -0.39 is 0 Å². The molecule has 146 valence electrons. The standard InChI is InChI=1S/C22H25ClN4O/c1-16-6-3-4-7-19(16)15-26-10-12-27(13-11-26)17(2)21-24-25-22(28-21)18-8-5-9-20(23)14-18/h3-9,14,17H,10-13,15H2,1-2H3/t17-/m1/s1. The van der Waals surface area contributed by atoms with E-state index in [0.29, 0.717) is 16.8 Å². The monoisotopic (exact) mass is 396 g/mol. The normalized spacial score (nSPS) is 17.0. The van der Waals surface area contributed by atoms with E-state index in [1.165, 1.54) is 11.1 Å². The second-order valence-electron chi connectivity index (χ2n) is 7.37. The molecule has 1 saturated heterocycles. The summed E-state index contributed by atoms with van der Waals surface area (Å²) >= 11 is 6.06. The molecule has 2 heterocycles. The summed E-state index contributed by atoms with van der Waals surface area (Å²) < 4.78 is 5.94. The van der Waals surface area contributed by atoms with Gasteiger partial charge in [-0.15, -0.1) is 10.2 Å². The van der Waals surface area contributed by atoms with Crippen molar-refractivity contribution in [3.05, 3.63) is 70.6 Å². The summed E-state index contributed by atoms with van der Waals surface area (Å²) in [7, 11) is 0. The predicted molar refractivity (Wildman–Crippen MR) is 111 cm³/mol. The van der Waals surface area contributed by atoms with Crippen LogP contribution in [0.2, 0.25) is 5.02 Å². The van der Waals surface area contributed by atoms with Gasteiger partial charge in [0.1, 0.15) is 0 Å². The molecule has 5 nitrogen and oxygen atoms in total. The third-order valence-corrected chi connectivity index (χ3v) is 5.71. The van der Waals surface area contributed by atoms with Crippen LogP contribution >= 0.6 is 11.6 Å². The molecular weight excluding hydrogens is 372 g/mol. The van der Waals surface area contributed by atoms with Gasteiger partial charge in [-0.2, -0.15) is 0 Å². The largest absolute Gasteiger partial charge is 0.419 e. The number of hydrogen-bond acceptors (Lipinski definition) is 5. The minimum Gasteiger partial charge on any atom is -0.419 e. The Kier molecular flexibility index (Phi) is 5.76. The number of piperazine rings is 1. The Balaban J connectivity index is 1.37. The number of benzene rings is 2. The molecule has 0 N–H and O–H groups in total. The van der Waals surface area contributed by atoms with Crippen LogP contribution in [0.4, 0.5) is 0 Å². The van der Waals surface area contributed by atoms with Crippen molar-refractivity contribution in [2.75, 3.05) is 26.2 Å². The maximum atomic E-state index is 6.06.